The van der Waals surface area contributed by atoms with E-state index in [2.05, 4.69) is 34.1 Å². The molecule has 1 aromatic heterocycles. The van der Waals surface area contributed by atoms with Gasteiger partial charge in [0.2, 0.25) is 0 Å². The number of carbonyl (C=O) groups is 1. The molecule has 4 heteroatoms. The summed E-state index contributed by atoms with van der Waals surface area (Å²) in [7, 11) is 0. The van der Waals surface area contributed by atoms with Gasteiger partial charge in [0.05, 0.1) is 0 Å². The molecule has 1 amide bonds. The van der Waals surface area contributed by atoms with E-state index < -0.39 is 0 Å². The summed E-state index contributed by atoms with van der Waals surface area (Å²) in [6.07, 6.45) is 2.04. The lowest BCUT2D eigenvalue weighted by molar-refractivity contribution is 0.0641. The molecule has 0 aliphatic carbocycles. The summed E-state index contributed by atoms with van der Waals surface area (Å²) in [5, 5.41) is 4.24. The summed E-state index contributed by atoms with van der Waals surface area (Å²) >= 11 is 0. The number of aromatic nitrogens is 1. The van der Waals surface area contributed by atoms with Crippen molar-refractivity contribution in [2.24, 2.45) is 5.92 Å². The van der Waals surface area contributed by atoms with Crippen LogP contribution in [0.25, 0.3) is 10.9 Å². The largest absolute Gasteiger partial charge is 0.381 e. The van der Waals surface area contributed by atoms with Gasteiger partial charge in [0.25, 0.3) is 5.91 Å². The van der Waals surface area contributed by atoms with Gasteiger partial charge in [0.15, 0.2) is 0 Å². The van der Waals surface area contributed by atoms with Crippen molar-refractivity contribution in [2.45, 2.75) is 19.4 Å². The van der Waals surface area contributed by atoms with Crippen molar-refractivity contribution in [2.75, 3.05) is 19.8 Å². The Balaban J connectivity index is 1.58. The summed E-state index contributed by atoms with van der Waals surface area (Å²) in [6.45, 7) is 3.01. The van der Waals surface area contributed by atoms with E-state index in [1.807, 2.05) is 36.4 Å². The highest BCUT2D eigenvalue weighted by atomic mass is 16.5. The second-order valence-electron chi connectivity index (χ2n) is 6.93. The fourth-order valence-electron chi connectivity index (χ4n) is 3.61. The van der Waals surface area contributed by atoms with Gasteiger partial charge in [0.1, 0.15) is 5.69 Å². The lowest BCUT2D eigenvalue weighted by Gasteiger charge is -2.22. The third-order valence-corrected chi connectivity index (χ3v) is 5.12. The predicted molar refractivity (Wildman–Crippen MR) is 103 cm³/mol. The lowest BCUT2D eigenvalue weighted by Crippen LogP contribution is -2.33. The zero-order chi connectivity index (χ0) is 17.8. The van der Waals surface area contributed by atoms with Crippen molar-refractivity contribution < 1.29 is 9.53 Å². The number of carbonyl (C=O) groups excluding carboxylic acids is 1. The van der Waals surface area contributed by atoms with Crippen LogP contribution in [0.3, 0.4) is 0 Å². The molecule has 0 saturated carbocycles. The molecule has 26 heavy (non-hydrogen) atoms. The Morgan fingerprint density at radius 3 is 2.58 bits per heavy atom. The van der Waals surface area contributed by atoms with Crippen molar-refractivity contribution in [3.63, 3.8) is 0 Å². The Bertz CT molecular complexity index is 880. The Kier molecular flexibility index (Phi) is 5.02. The van der Waals surface area contributed by atoms with E-state index in [-0.39, 0.29) is 5.91 Å². The SMILES string of the molecule is O=C(NCC1CCOCC1)c1cc2ccccc2n1Cc1ccccc1. The molecule has 0 unspecified atom stereocenters. The highest BCUT2D eigenvalue weighted by Gasteiger charge is 2.18. The number of rotatable bonds is 5. The maximum atomic E-state index is 12.9. The van der Waals surface area contributed by atoms with Crippen LogP contribution in [0.15, 0.2) is 60.7 Å². The van der Waals surface area contributed by atoms with Gasteiger partial charge in [-0.05, 0) is 36.5 Å². The number of fused-ring (bicyclic) bond motifs is 1. The summed E-state index contributed by atoms with van der Waals surface area (Å²) in [5.74, 6) is 0.517. The molecule has 2 aromatic carbocycles. The van der Waals surface area contributed by atoms with Gasteiger partial charge >= 0.3 is 0 Å². The molecule has 1 fully saturated rings. The van der Waals surface area contributed by atoms with E-state index in [4.69, 9.17) is 4.74 Å². The van der Waals surface area contributed by atoms with Crippen LogP contribution in [-0.4, -0.2) is 30.2 Å². The van der Waals surface area contributed by atoms with Crippen molar-refractivity contribution in [1.29, 1.82) is 0 Å². The maximum Gasteiger partial charge on any atom is 0.267 e. The van der Waals surface area contributed by atoms with Gasteiger partial charge < -0.3 is 14.6 Å². The normalized spacial score (nSPS) is 15.2. The molecule has 4 nitrogen and oxygen atoms in total. The standard InChI is InChI=1S/C22H24N2O2/c25-22(23-15-17-10-12-26-13-11-17)21-14-19-8-4-5-9-20(19)24(21)16-18-6-2-1-3-7-18/h1-9,14,17H,10-13,15-16H2,(H,23,25). The van der Waals surface area contributed by atoms with Gasteiger partial charge in [-0.25, -0.2) is 0 Å². The first-order chi connectivity index (χ1) is 12.8. The topological polar surface area (TPSA) is 43.3 Å². The molecular weight excluding hydrogens is 324 g/mol. The van der Waals surface area contributed by atoms with Crippen LogP contribution < -0.4 is 5.32 Å². The molecule has 1 N–H and O–H groups in total. The highest BCUT2D eigenvalue weighted by Crippen LogP contribution is 2.22. The van der Waals surface area contributed by atoms with Gasteiger partial charge in [-0.1, -0.05) is 48.5 Å². The fourth-order valence-corrected chi connectivity index (χ4v) is 3.61. The summed E-state index contributed by atoms with van der Waals surface area (Å²) < 4.78 is 7.51. The zero-order valence-corrected chi connectivity index (χ0v) is 14.9. The Morgan fingerprint density at radius 2 is 1.77 bits per heavy atom. The number of benzene rings is 2. The van der Waals surface area contributed by atoms with Crippen LogP contribution in [0.1, 0.15) is 28.9 Å². The molecular formula is C22H24N2O2. The molecule has 0 radical (unpaired) electrons. The van der Waals surface area contributed by atoms with Crippen molar-refractivity contribution in [1.82, 2.24) is 9.88 Å². The smallest absolute Gasteiger partial charge is 0.267 e. The van der Waals surface area contributed by atoms with Gasteiger partial charge in [-0.2, -0.15) is 0 Å². The van der Waals surface area contributed by atoms with Gasteiger partial charge in [-0.15, -0.1) is 0 Å². The van der Waals surface area contributed by atoms with E-state index in [0.717, 1.165) is 49.2 Å². The van der Waals surface area contributed by atoms with Crippen molar-refractivity contribution in [3.05, 3.63) is 71.9 Å². The summed E-state index contributed by atoms with van der Waals surface area (Å²) in [4.78, 5) is 12.9. The molecule has 0 bridgehead atoms. The molecule has 4 rings (SSSR count). The summed E-state index contributed by atoms with van der Waals surface area (Å²) in [5.41, 5.74) is 3.00. The Hall–Kier alpha value is -2.59. The van der Waals surface area contributed by atoms with Crippen molar-refractivity contribution in [3.8, 4) is 0 Å². The minimum atomic E-state index is 0.00335. The minimum absolute atomic E-state index is 0.00335. The van der Waals surface area contributed by atoms with Crippen LogP contribution in [0.5, 0.6) is 0 Å². The Morgan fingerprint density at radius 1 is 1.04 bits per heavy atom. The van der Waals surface area contributed by atoms with Crippen LogP contribution in [-0.2, 0) is 11.3 Å². The molecule has 2 heterocycles. The maximum absolute atomic E-state index is 12.9. The highest BCUT2D eigenvalue weighted by molar-refractivity contribution is 5.98. The third kappa shape index (κ3) is 3.65. The monoisotopic (exact) mass is 348 g/mol. The Labute approximate surface area is 153 Å². The number of nitrogens with zero attached hydrogens (tertiary/aromatic N) is 1. The summed E-state index contributed by atoms with van der Waals surface area (Å²) in [6, 6.07) is 20.4. The predicted octanol–water partition coefficient (Wildman–Crippen LogP) is 3.85. The zero-order valence-electron chi connectivity index (χ0n) is 14.9. The van der Waals surface area contributed by atoms with E-state index in [9.17, 15) is 4.79 Å². The number of hydrogen-bond donors (Lipinski definition) is 1. The average molecular weight is 348 g/mol. The molecule has 1 saturated heterocycles. The lowest BCUT2D eigenvalue weighted by atomic mass is 10.0. The van der Waals surface area contributed by atoms with Crippen LogP contribution in [0.2, 0.25) is 0 Å². The minimum Gasteiger partial charge on any atom is -0.381 e. The van der Waals surface area contributed by atoms with Gasteiger partial charge in [0, 0.05) is 37.2 Å². The fraction of sp³-hybridized carbons (Fsp3) is 0.318. The first-order valence-electron chi connectivity index (χ1n) is 9.29. The number of amides is 1. The third-order valence-electron chi connectivity index (χ3n) is 5.12. The molecule has 3 aromatic rings. The van der Waals surface area contributed by atoms with Crippen LogP contribution in [0, 0.1) is 5.92 Å². The van der Waals surface area contributed by atoms with E-state index in [0.29, 0.717) is 12.5 Å². The number of para-hydroxylation sites is 1. The number of hydrogen-bond acceptors (Lipinski definition) is 2. The van der Waals surface area contributed by atoms with E-state index >= 15 is 0 Å². The quantitative estimate of drug-likeness (QED) is 0.761. The first kappa shape index (κ1) is 16.9. The number of ether oxygens (including phenoxy) is 1. The van der Waals surface area contributed by atoms with Crippen LogP contribution in [0.4, 0.5) is 0 Å². The van der Waals surface area contributed by atoms with Crippen molar-refractivity contribution >= 4 is 16.8 Å². The molecule has 134 valence electrons. The second-order valence-corrected chi connectivity index (χ2v) is 6.93. The first-order valence-corrected chi connectivity index (χ1v) is 9.29. The van der Waals surface area contributed by atoms with Gasteiger partial charge in [-0.3, -0.25) is 4.79 Å². The van der Waals surface area contributed by atoms with Crippen LogP contribution >= 0.6 is 0 Å². The second kappa shape index (κ2) is 7.75. The van der Waals surface area contributed by atoms with E-state index in [1.165, 1.54) is 5.56 Å². The molecule has 1 aliphatic rings. The molecule has 0 spiro atoms. The number of nitrogens with one attached hydrogen (secondary N) is 1. The average Bonchev–Trinajstić information content (AvgIpc) is 3.06. The molecule has 0 atom stereocenters. The molecule has 1 aliphatic heterocycles. The van der Waals surface area contributed by atoms with E-state index in [1.54, 1.807) is 0 Å².